The summed E-state index contributed by atoms with van der Waals surface area (Å²) in [5.41, 5.74) is 1.35. The van der Waals surface area contributed by atoms with Gasteiger partial charge in [0.15, 0.2) is 0 Å². The number of benzene rings is 1. The van der Waals surface area contributed by atoms with Crippen LogP contribution in [0.3, 0.4) is 0 Å². The van der Waals surface area contributed by atoms with Crippen LogP contribution in [0.5, 0.6) is 5.75 Å². The molecule has 0 radical (unpaired) electrons. The SMILES string of the molecule is COc1cc(C)c(S(=O)(=O)NC2CCCN(c3ncccn3)C2)c(C)c1. The third kappa shape index (κ3) is 3.96. The maximum absolute atomic E-state index is 13.0. The first-order valence-corrected chi connectivity index (χ1v) is 10.1. The average molecular weight is 376 g/mol. The molecule has 1 aromatic heterocycles. The first kappa shape index (κ1) is 18.6. The molecule has 140 valence electrons. The minimum atomic E-state index is -3.62. The predicted octanol–water partition coefficient (Wildman–Crippen LogP) is 2.05. The summed E-state index contributed by atoms with van der Waals surface area (Å²) in [6.45, 7) is 4.95. The number of nitrogens with zero attached hydrogens (tertiary/aromatic N) is 3. The lowest BCUT2D eigenvalue weighted by molar-refractivity contribution is 0.413. The highest BCUT2D eigenvalue weighted by Gasteiger charge is 2.28. The van der Waals surface area contributed by atoms with Gasteiger partial charge < -0.3 is 9.64 Å². The molecular weight excluding hydrogens is 352 g/mol. The lowest BCUT2D eigenvalue weighted by atomic mass is 10.1. The number of rotatable bonds is 5. The van der Waals surface area contributed by atoms with E-state index in [9.17, 15) is 8.42 Å². The quantitative estimate of drug-likeness (QED) is 0.860. The number of ether oxygens (including phenoxy) is 1. The molecule has 8 heteroatoms. The molecule has 1 fully saturated rings. The Hall–Kier alpha value is -2.19. The minimum absolute atomic E-state index is 0.182. The standard InChI is InChI=1S/C18H24N4O3S/c1-13-10-16(25-3)11-14(2)17(13)26(23,24)21-15-6-4-9-22(12-15)18-19-7-5-8-20-18/h5,7-8,10-11,15,21H,4,6,9,12H2,1-3H3. The number of sulfonamides is 1. The third-order valence-corrected chi connectivity index (χ3v) is 6.34. The number of nitrogens with one attached hydrogen (secondary N) is 1. The van der Waals surface area contributed by atoms with E-state index in [4.69, 9.17) is 4.74 Å². The lowest BCUT2D eigenvalue weighted by Gasteiger charge is -2.33. The summed E-state index contributed by atoms with van der Waals surface area (Å²) in [6, 6.07) is 5.07. The molecule has 1 aliphatic rings. The van der Waals surface area contributed by atoms with Gasteiger partial charge in [0.1, 0.15) is 5.75 Å². The fourth-order valence-electron chi connectivity index (χ4n) is 3.44. The Morgan fingerprint density at radius 1 is 1.19 bits per heavy atom. The summed E-state index contributed by atoms with van der Waals surface area (Å²) in [5.74, 6) is 1.29. The lowest BCUT2D eigenvalue weighted by Crippen LogP contribution is -2.48. The summed E-state index contributed by atoms with van der Waals surface area (Å²) >= 11 is 0. The van der Waals surface area contributed by atoms with Crippen molar-refractivity contribution in [2.24, 2.45) is 0 Å². The molecule has 1 N–H and O–H groups in total. The van der Waals surface area contributed by atoms with Crippen molar-refractivity contribution in [2.45, 2.75) is 37.6 Å². The van der Waals surface area contributed by atoms with Gasteiger partial charge in [0.05, 0.1) is 12.0 Å². The predicted molar refractivity (Wildman–Crippen MR) is 100 cm³/mol. The van der Waals surface area contributed by atoms with Gasteiger partial charge in [-0.2, -0.15) is 0 Å². The van der Waals surface area contributed by atoms with E-state index in [1.54, 1.807) is 51.6 Å². The van der Waals surface area contributed by atoms with E-state index in [0.29, 0.717) is 34.3 Å². The molecule has 1 unspecified atom stereocenters. The zero-order valence-corrected chi connectivity index (χ0v) is 16.1. The summed E-state index contributed by atoms with van der Waals surface area (Å²) in [5, 5.41) is 0. The Bertz CT molecular complexity index is 848. The maximum atomic E-state index is 13.0. The highest BCUT2D eigenvalue weighted by Crippen LogP contribution is 2.26. The Kier molecular flexibility index (Phi) is 5.43. The number of hydrogen-bond acceptors (Lipinski definition) is 6. The van der Waals surface area contributed by atoms with Crippen LogP contribution in [0.15, 0.2) is 35.5 Å². The van der Waals surface area contributed by atoms with Gasteiger partial charge in [0.25, 0.3) is 0 Å². The van der Waals surface area contributed by atoms with Crippen LogP contribution in [0.25, 0.3) is 0 Å². The third-order valence-electron chi connectivity index (χ3n) is 4.52. The minimum Gasteiger partial charge on any atom is -0.497 e. The van der Waals surface area contributed by atoms with E-state index in [2.05, 4.69) is 14.7 Å². The molecule has 0 saturated carbocycles. The van der Waals surface area contributed by atoms with Crippen molar-refractivity contribution in [3.63, 3.8) is 0 Å². The van der Waals surface area contributed by atoms with Gasteiger partial charge >= 0.3 is 0 Å². The van der Waals surface area contributed by atoms with Crippen LogP contribution in [-0.4, -0.2) is 44.6 Å². The molecule has 2 aromatic rings. The molecule has 0 bridgehead atoms. The normalized spacial score (nSPS) is 18.0. The van der Waals surface area contributed by atoms with Gasteiger partial charge in [-0.3, -0.25) is 0 Å². The summed E-state index contributed by atoms with van der Waals surface area (Å²) in [6.07, 6.45) is 5.06. The average Bonchev–Trinajstić information content (AvgIpc) is 2.61. The fourth-order valence-corrected chi connectivity index (χ4v) is 5.15. The highest BCUT2D eigenvalue weighted by molar-refractivity contribution is 7.89. The van der Waals surface area contributed by atoms with Crippen LogP contribution in [-0.2, 0) is 10.0 Å². The second-order valence-electron chi connectivity index (χ2n) is 6.55. The molecule has 26 heavy (non-hydrogen) atoms. The molecule has 1 aliphatic heterocycles. The van der Waals surface area contributed by atoms with Crippen molar-refractivity contribution in [3.05, 3.63) is 41.7 Å². The van der Waals surface area contributed by atoms with Crippen molar-refractivity contribution in [1.82, 2.24) is 14.7 Å². The monoisotopic (exact) mass is 376 g/mol. The van der Waals surface area contributed by atoms with Gasteiger partial charge in [0.2, 0.25) is 16.0 Å². The summed E-state index contributed by atoms with van der Waals surface area (Å²) in [4.78, 5) is 10.9. The number of aryl methyl sites for hydroxylation is 2. The Morgan fingerprint density at radius 3 is 2.46 bits per heavy atom. The fraction of sp³-hybridized carbons (Fsp3) is 0.444. The van der Waals surface area contributed by atoms with Crippen LogP contribution >= 0.6 is 0 Å². The first-order valence-electron chi connectivity index (χ1n) is 8.60. The maximum Gasteiger partial charge on any atom is 0.241 e. The van der Waals surface area contributed by atoms with Crippen molar-refractivity contribution in [1.29, 1.82) is 0 Å². The van der Waals surface area contributed by atoms with Crippen molar-refractivity contribution < 1.29 is 13.2 Å². The first-order chi connectivity index (χ1) is 12.4. The molecule has 2 heterocycles. The molecule has 0 aliphatic carbocycles. The zero-order chi connectivity index (χ0) is 18.7. The topological polar surface area (TPSA) is 84.4 Å². The molecule has 0 spiro atoms. The zero-order valence-electron chi connectivity index (χ0n) is 15.3. The van der Waals surface area contributed by atoms with Gasteiger partial charge in [-0.15, -0.1) is 0 Å². The number of anilines is 1. The van der Waals surface area contributed by atoms with E-state index in [1.165, 1.54) is 0 Å². The van der Waals surface area contributed by atoms with Gasteiger partial charge in [0, 0.05) is 31.5 Å². The molecule has 1 saturated heterocycles. The Labute approximate surface area is 154 Å². The van der Waals surface area contributed by atoms with Gasteiger partial charge in [-0.1, -0.05) is 0 Å². The molecule has 1 aromatic carbocycles. The van der Waals surface area contributed by atoms with Crippen LogP contribution in [0.2, 0.25) is 0 Å². The van der Waals surface area contributed by atoms with E-state index in [-0.39, 0.29) is 6.04 Å². The van der Waals surface area contributed by atoms with Crippen molar-refractivity contribution in [2.75, 3.05) is 25.1 Å². The van der Waals surface area contributed by atoms with E-state index >= 15 is 0 Å². The van der Waals surface area contributed by atoms with E-state index in [0.717, 1.165) is 19.4 Å². The Balaban J connectivity index is 1.79. The van der Waals surface area contributed by atoms with Crippen molar-refractivity contribution in [3.8, 4) is 5.75 Å². The van der Waals surface area contributed by atoms with Gasteiger partial charge in [-0.05, 0) is 56.0 Å². The van der Waals surface area contributed by atoms with E-state index < -0.39 is 10.0 Å². The number of piperidine rings is 1. The second kappa shape index (κ2) is 7.59. The molecule has 3 rings (SSSR count). The summed E-state index contributed by atoms with van der Waals surface area (Å²) in [7, 11) is -2.05. The van der Waals surface area contributed by atoms with Crippen LogP contribution in [0.4, 0.5) is 5.95 Å². The largest absolute Gasteiger partial charge is 0.497 e. The van der Waals surface area contributed by atoms with Crippen LogP contribution < -0.4 is 14.4 Å². The van der Waals surface area contributed by atoms with Crippen molar-refractivity contribution >= 4 is 16.0 Å². The molecule has 7 nitrogen and oxygen atoms in total. The van der Waals surface area contributed by atoms with Gasteiger partial charge in [-0.25, -0.2) is 23.1 Å². The number of methoxy groups -OCH3 is 1. The number of hydrogen-bond donors (Lipinski definition) is 1. The van der Waals surface area contributed by atoms with Crippen LogP contribution in [0.1, 0.15) is 24.0 Å². The highest BCUT2D eigenvalue weighted by atomic mass is 32.2. The molecule has 0 amide bonds. The van der Waals surface area contributed by atoms with E-state index in [1.807, 2.05) is 4.90 Å². The molecular formula is C18H24N4O3S. The van der Waals surface area contributed by atoms with Crippen LogP contribution in [0, 0.1) is 13.8 Å². The number of aromatic nitrogens is 2. The molecule has 1 atom stereocenters. The smallest absolute Gasteiger partial charge is 0.241 e. The Morgan fingerprint density at radius 2 is 1.85 bits per heavy atom. The second-order valence-corrected chi connectivity index (χ2v) is 8.20. The summed E-state index contributed by atoms with van der Waals surface area (Å²) < 4.78 is 34.1.